The van der Waals surface area contributed by atoms with Gasteiger partial charge in [-0.1, -0.05) is 24.3 Å². The number of nitro groups is 1. The molecule has 154 valence electrons. The van der Waals surface area contributed by atoms with E-state index in [-0.39, 0.29) is 28.6 Å². The molecule has 9 nitrogen and oxygen atoms in total. The third-order valence-electron chi connectivity index (χ3n) is 4.17. The third-order valence-corrected chi connectivity index (χ3v) is 5.55. The zero-order chi connectivity index (χ0) is 21.7. The van der Waals surface area contributed by atoms with E-state index in [1.165, 1.54) is 48.5 Å². The number of carbonyl (C=O) groups excluding carboxylic acids is 1. The van der Waals surface area contributed by atoms with Crippen LogP contribution in [0.2, 0.25) is 0 Å². The molecule has 0 atom stereocenters. The molecule has 10 heteroatoms. The molecule has 3 aromatic rings. The summed E-state index contributed by atoms with van der Waals surface area (Å²) < 4.78 is 27.2. The van der Waals surface area contributed by atoms with Crippen molar-refractivity contribution in [1.29, 1.82) is 0 Å². The van der Waals surface area contributed by atoms with Crippen molar-refractivity contribution >= 4 is 27.3 Å². The number of rotatable bonds is 7. The maximum absolute atomic E-state index is 12.4. The molecule has 0 aliphatic heterocycles. The lowest BCUT2D eigenvalue weighted by molar-refractivity contribution is -0.385. The largest absolute Gasteiger partial charge is 0.508 e. The van der Waals surface area contributed by atoms with Gasteiger partial charge in [0.1, 0.15) is 5.75 Å². The lowest BCUT2D eigenvalue weighted by Crippen LogP contribution is -2.22. The molecule has 0 radical (unpaired) electrons. The lowest BCUT2D eigenvalue weighted by Gasteiger charge is -2.10. The zero-order valence-corrected chi connectivity index (χ0v) is 16.3. The molecular formula is C20H17N3O6S. The van der Waals surface area contributed by atoms with Crippen LogP contribution in [0.3, 0.4) is 0 Å². The second-order valence-corrected chi connectivity index (χ2v) is 7.93. The van der Waals surface area contributed by atoms with Gasteiger partial charge in [-0.05, 0) is 36.4 Å². The first-order valence-corrected chi connectivity index (χ1v) is 10.2. The molecule has 0 aromatic heterocycles. The second kappa shape index (κ2) is 8.62. The van der Waals surface area contributed by atoms with Gasteiger partial charge in [-0.15, -0.1) is 0 Å². The van der Waals surface area contributed by atoms with Crippen LogP contribution in [0.25, 0.3) is 0 Å². The van der Waals surface area contributed by atoms with E-state index in [1.807, 2.05) is 0 Å². The molecule has 0 bridgehead atoms. The van der Waals surface area contributed by atoms with Crippen LogP contribution in [-0.4, -0.2) is 24.4 Å². The molecule has 0 unspecified atom stereocenters. The number of hydrogen-bond donors (Lipinski definition) is 3. The summed E-state index contributed by atoms with van der Waals surface area (Å²) in [5, 5.41) is 23.2. The number of para-hydroxylation sites is 1. The van der Waals surface area contributed by atoms with Gasteiger partial charge in [0.15, 0.2) is 0 Å². The molecule has 0 aliphatic carbocycles. The molecule has 0 heterocycles. The predicted octanol–water partition coefficient (Wildman–Crippen LogP) is 3.03. The Morgan fingerprint density at radius 2 is 1.70 bits per heavy atom. The van der Waals surface area contributed by atoms with Crippen LogP contribution < -0.4 is 10.0 Å². The van der Waals surface area contributed by atoms with Crippen LogP contribution in [-0.2, 0) is 16.6 Å². The number of benzene rings is 3. The zero-order valence-electron chi connectivity index (χ0n) is 15.5. The quantitative estimate of drug-likeness (QED) is 0.391. The Balaban J connectivity index is 1.68. The number of phenols is 1. The molecule has 3 aromatic carbocycles. The molecule has 30 heavy (non-hydrogen) atoms. The van der Waals surface area contributed by atoms with E-state index in [4.69, 9.17) is 0 Å². The standard InChI is InChI=1S/C20H17N3O6S/c24-19-7-2-1-4-15(19)13-21-20(25)14-8-10-16(11-9-14)22-30(28,29)18-6-3-5-17(12-18)23(26)27/h1-12,22,24H,13H2,(H,21,25). The normalized spacial score (nSPS) is 10.9. The van der Waals surface area contributed by atoms with Gasteiger partial charge < -0.3 is 10.4 Å². The van der Waals surface area contributed by atoms with Crippen LogP contribution in [0.15, 0.2) is 77.7 Å². The van der Waals surface area contributed by atoms with Crippen molar-refractivity contribution in [2.75, 3.05) is 4.72 Å². The van der Waals surface area contributed by atoms with E-state index in [2.05, 4.69) is 10.0 Å². The van der Waals surface area contributed by atoms with E-state index in [0.717, 1.165) is 6.07 Å². The number of carbonyl (C=O) groups is 1. The Kier molecular flexibility index (Phi) is 5.98. The number of amides is 1. The van der Waals surface area contributed by atoms with Crippen LogP contribution in [0.5, 0.6) is 5.75 Å². The van der Waals surface area contributed by atoms with Crippen LogP contribution in [0.4, 0.5) is 11.4 Å². The monoisotopic (exact) mass is 427 g/mol. The molecule has 3 N–H and O–H groups in total. The number of sulfonamides is 1. The van der Waals surface area contributed by atoms with Gasteiger partial charge in [-0.25, -0.2) is 8.42 Å². The van der Waals surface area contributed by atoms with Crippen LogP contribution >= 0.6 is 0 Å². The van der Waals surface area contributed by atoms with Crippen molar-refractivity contribution in [3.8, 4) is 5.75 Å². The molecule has 0 spiro atoms. The van der Waals surface area contributed by atoms with Gasteiger partial charge in [-0.3, -0.25) is 19.6 Å². The summed E-state index contributed by atoms with van der Waals surface area (Å²) in [4.78, 5) is 22.2. The fourth-order valence-corrected chi connectivity index (χ4v) is 3.70. The number of aromatic hydroxyl groups is 1. The van der Waals surface area contributed by atoms with Crippen molar-refractivity contribution in [3.05, 3.63) is 94.0 Å². The Morgan fingerprint density at radius 3 is 2.37 bits per heavy atom. The molecule has 1 amide bonds. The highest BCUT2D eigenvalue weighted by Crippen LogP contribution is 2.21. The highest BCUT2D eigenvalue weighted by molar-refractivity contribution is 7.92. The first-order chi connectivity index (χ1) is 14.3. The fourth-order valence-electron chi connectivity index (χ4n) is 2.61. The highest BCUT2D eigenvalue weighted by Gasteiger charge is 2.18. The highest BCUT2D eigenvalue weighted by atomic mass is 32.2. The SMILES string of the molecule is O=C(NCc1ccccc1O)c1ccc(NS(=O)(=O)c2cccc([N+](=O)[O-])c2)cc1. The molecule has 0 fully saturated rings. The van der Waals surface area contributed by atoms with Gasteiger partial charge in [0.05, 0.1) is 9.82 Å². The number of nitrogens with one attached hydrogen (secondary N) is 2. The van der Waals surface area contributed by atoms with Gasteiger partial charge in [0, 0.05) is 35.5 Å². The first-order valence-electron chi connectivity index (χ1n) is 8.69. The first kappa shape index (κ1) is 20.8. The number of hydrogen-bond acceptors (Lipinski definition) is 6. The maximum Gasteiger partial charge on any atom is 0.270 e. The van der Waals surface area contributed by atoms with Gasteiger partial charge in [0.25, 0.3) is 21.6 Å². The smallest absolute Gasteiger partial charge is 0.270 e. The number of nitro benzene ring substituents is 1. The number of nitrogens with zero attached hydrogens (tertiary/aromatic N) is 1. The van der Waals surface area contributed by atoms with Crippen molar-refractivity contribution in [3.63, 3.8) is 0 Å². The topological polar surface area (TPSA) is 139 Å². The summed E-state index contributed by atoms with van der Waals surface area (Å²) in [6.45, 7) is 0.132. The fraction of sp³-hybridized carbons (Fsp3) is 0.0500. The van der Waals surface area contributed by atoms with E-state index in [9.17, 15) is 28.4 Å². The summed E-state index contributed by atoms with van der Waals surface area (Å²) in [6, 6.07) is 17.0. The minimum Gasteiger partial charge on any atom is -0.508 e. The molecular weight excluding hydrogens is 410 g/mol. The lowest BCUT2D eigenvalue weighted by atomic mass is 10.1. The Hall–Kier alpha value is -3.92. The number of anilines is 1. The van der Waals surface area contributed by atoms with Gasteiger partial charge in [0.2, 0.25) is 0 Å². The van der Waals surface area contributed by atoms with E-state index >= 15 is 0 Å². The Labute approximate surface area is 172 Å². The minimum atomic E-state index is -4.04. The average Bonchev–Trinajstić information content (AvgIpc) is 2.73. The third kappa shape index (κ3) is 4.92. The van der Waals surface area contributed by atoms with Crippen LogP contribution in [0, 0.1) is 10.1 Å². The summed E-state index contributed by atoms with van der Waals surface area (Å²) in [6.07, 6.45) is 0. The Bertz CT molecular complexity index is 1190. The predicted molar refractivity (Wildman–Crippen MR) is 110 cm³/mol. The summed E-state index contributed by atoms with van der Waals surface area (Å²) in [5.74, 6) is -0.324. The van der Waals surface area contributed by atoms with Gasteiger partial charge >= 0.3 is 0 Å². The maximum atomic E-state index is 12.4. The minimum absolute atomic E-state index is 0.0729. The number of phenolic OH excluding ortho intramolecular Hbond substituents is 1. The van der Waals surface area contributed by atoms with Crippen molar-refractivity contribution < 1.29 is 23.2 Å². The second-order valence-electron chi connectivity index (χ2n) is 6.25. The molecule has 0 saturated heterocycles. The summed E-state index contributed by atoms with van der Waals surface area (Å²) >= 11 is 0. The molecule has 0 aliphatic rings. The van der Waals surface area contributed by atoms with Crippen molar-refractivity contribution in [1.82, 2.24) is 5.32 Å². The number of non-ortho nitro benzene ring substituents is 1. The van der Waals surface area contributed by atoms with E-state index < -0.39 is 20.9 Å². The van der Waals surface area contributed by atoms with E-state index in [0.29, 0.717) is 11.1 Å². The molecule has 3 rings (SSSR count). The average molecular weight is 427 g/mol. The van der Waals surface area contributed by atoms with Crippen molar-refractivity contribution in [2.24, 2.45) is 0 Å². The summed E-state index contributed by atoms with van der Waals surface area (Å²) in [5.41, 5.74) is 0.712. The van der Waals surface area contributed by atoms with Gasteiger partial charge in [-0.2, -0.15) is 0 Å². The van der Waals surface area contributed by atoms with Crippen LogP contribution in [0.1, 0.15) is 15.9 Å². The van der Waals surface area contributed by atoms with E-state index in [1.54, 1.807) is 18.2 Å². The van der Waals surface area contributed by atoms with Crippen molar-refractivity contribution in [2.45, 2.75) is 11.4 Å². The summed E-state index contributed by atoms with van der Waals surface area (Å²) in [7, 11) is -4.04. The molecule has 0 saturated carbocycles. The Morgan fingerprint density at radius 1 is 1.00 bits per heavy atom.